The summed E-state index contributed by atoms with van der Waals surface area (Å²) in [6.45, 7) is 3.99. The van der Waals surface area contributed by atoms with E-state index in [9.17, 15) is 4.39 Å². The molecule has 2 rings (SSSR count). The zero-order chi connectivity index (χ0) is 13.8. The van der Waals surface area contributed by atoms with E-state index in [0.29, 0.717) is 17.3 Å². The number of aryl methyl sites for hydroxylation is 1. The maximum Gasteiger partial charge on any atom is 0.164 e. The first-order valence-corrected chi connectivity index (χ1v) is 5.98. The van der Waals surface area contributed by atoms with E-state index in [1.807, 2.05) is 13.8 Å². The molecule has 0 saturated heterocycles. The Balaban J connectivity index is 2.13. The molecule has 1 aromatic heterocycles. The fraction of sp³-hybridized carbons (Fsp3) is 0.385. The van der Waals surface area contributed by atoms with Gasteiger partial charge >= 0.3 is 0 Å². The number of nitrogens with zero attached hydrogens (tertiary/aromatic N) is 3. The second-order valence-electron chi connectivity index (χ2n) is 4.35. The minimum atomic E-state index is -0.360. The number of hydrogen-bond acceptors (Lipinski definition) is 4. The van der Waals surface area contributed by atoms with Crippen molar-refractivity contribution >= 4 is 0 Å². The molecule has 0 amide bonds. The van der Waals surface area contributed by atoms with E-state index in [1.165, 1.54) is 18.5 Å². The van der Waals surface area contributed by atoms with Gasteiger partial charge in [-0.25, -0.2) is 9.37 Å². The quantitative estimate of drug-likeness (QED) is 0.832. The second kappa shape index (κ2) is 5.69. The van der Waals surface area contributed by atoms with Gasteiger partial charge in [0.05, 0.1) is 6.10 Å². The average molecular weight is 265 g/mol. The summed E-state index contributed by atoms with van der Waals surface area (Å²) in [5, 5.41) is 3.95. The predicted molar refractivity (Wildman–Crippen MR) is 67.5 cm³/mol. The van der Waals surface area contributed by atoms with Gasteiger partial charge in [-0.15, -0.1) is 0 Å². The molecule has 1 aromatic carbocycles. The molecule has 0 saturated carbocycles. The van der Waals surface area contributed by atoms with Gasteiger partial charge in [-0.05, 0) is 26.0 Å². The van der Waals surface area contributed by atoms with E-state index in [2.05, 4.69) is 10.1 Å². The number of ether oxygens (including phenoxy) is 2. The van der Waals surface area contributed by atoms with Gasteiger partial charge in [0, 0.05) is 13.1 Å². The van der Waals surface area contributed by atoms with Crippen LogP contribution < -0.4 is 9.47 Å². The van der Waals surface area contributed by atoms with Gasteiger partial charge in [-0.2, -0.15) is 5.10 Å². The topological polar surface area (TPSA) is 49.2 Å². The summed E-state index contributed by atoms with van der Waals surface area (Å²) in [6, 6.07) is 4.19. The largest absolute Gasteiger partial charge is 0.487 e. The van der Waals surface area contributed by atoms with E-state index in [0.717, 1.165) is 0 Å². The molecule has 1 heterocycles. The van der Waals surface area contributed by atoms with Crippen molar-refractivity contribution in [3.05, 3.63) is 36.2 Å². The normalized spacial score (nSPS) is 10.8. The van der Waals surface area contributed by atoms with Crippen LogP contribution in [-0.2, 0) is 13.7 Å². The van der Waals surface area contributed by atoms with Crippen molar-refractivity contribution in [2.75, 3.05) is 0 Å². The molecule has 0 fully saturated rings. The highest BCUT2D eigenvalue weighted by atomic mass is 19.1. The Labute approximate surface area is 111 Å². The molecule has 2 aromatic rings. The van der Waals surface area contributed by atoms with Crippen LogP contribution in [0.3, 0.4) is 0 Å². The van der Waals surface area contributed by atoms with Crippen LogP contribution in [-0.4, -0.2) is 20.9 Å². The molecular formula is C13H16FN3O2. The number of aromatic nitrogens is 3. The molecule has 0 spiro atoms. The van der Waals surface area contributed by atoms with Crippen molar-refractivity contribution in [1.29, 1.82) is 0 Å². The summed E-state index contributed by atoms with van der Waals surface area (Å²) in [5.41, 5.74) is 0. The van der Waals surface area contributed by atoms with Crippen molar-refractivity contribution in [3.8, 4) is 11.5 Å². The van der Waals surface area contributed by atoms with Crippen molar-refractivity contribution in [3.63, 3.8) is 0 Å². The van der Waals surface area contributed by atoms with Crippen LogP contribution in [0.25, 0.3) is 0 Å². The van der Waals surface area contributed by atoms with Crippen molar-refractivity contribution in [2.24, 2.45) is 7.05 Å². The summed E-state index contributed by atoms with van der Waals surface area (Å²) < 4.78 is 26.0. The Morgan fingerprint density at radius 3 is 2.74 bits per heavy atom. The van der Waals surface area contributed by atoms with Crippen LogP contribution in [0.5, 0.6) is 11.5 Å². The summed E-state index contributed by atoms with van der Waals surface area (Å²) >= 11 is 0. The minimum absolute atomic E-state index is 0.0565. The average Bonchev–Trinajstić information content (AvgIpc) is 2.73. The highest BCUT2D eigenvalue weighted by Crippen LogP contribution is 2.29. The monoisotopic (exact) mass is 265 g/mol. The smallest absolute Gasteiger partial charge is 0.164 e. The Morgan fingerprint density at radius 1 is 1.32 bits per heavy atom. The molecule has 0 aliphatic rings. The number of hydrogen-bond donors (Lipinski definition) is 0. The zero-order valence-corrected chi connectivity index (χ0v) is 11.1. The fourth-order valence-electron chi connectivity index (χ4n) is 1.54. The first-order chi connectivity index (χ1) is 9.06. The third-order valence-electron chi connectivity index (χ3n) is 2.43. The third-order valence-corrected chi connectivity index (χ3v) is 2.43. The van der Waals surface area contributed by atoms with Gasteiger partial charge < -0.3 is 9.47 Å². The van der Waals surface area contributed by atoms with Gasteiger partial charge in [0.15, 0.2) is 17.3 Å². The number of halogens is 1. The van der Waals surface area contributed by atoms with E-state index in [4.69, 9.17) is 9.47 Å². The molecule has 19 heavy (non-hydrogen) atoms. The van der Waals surface area contributed by atoms with Crippen LogP contribution in [0, 0.1) is 5.82 Å². The van der Waals surface area contributed by atoms with E-state index in [1.54, 1.807) is 17.8 Å². The van der Waals surface area contributed by atoms with Crippen molar-refractivity contribution in [2.45, 2.75) is 26.6 Å². The molecule has 5 nitrogen and oxygen atoms in total. The highest BCUT2D eigenvalue weighted by molar-refractivity contribution is 5.40. The standard InChI is InChI=1S/C13H16FN3O2/c1-9(2)19-12-6-10(14)4-5-11(12)18-7-13-15-8-16-17(13)3/h4-6,8-9H,7H2,1-3H3. The zero-order valence-electron chi connectivity index (χ0n) is 11.1. The van der Waals surface area contributed by atoms with E-state index < -0.39 is 0 Å². The fourth-order valence-corrected chi connectivity index (χ4v) is 1.54. The van der Waals surface area contributed by atoms with Crippen LogP contribution in [0.1, 0.15) is 19.7 Å². The Morgan fingerprint density at radius 2 is 2.11 bits per heavy atom. The lowest BCUT2D eigenvalue weighted by molar-refractivity contribution is 0.214. The van der Waals surface area contributed by atoms with Crippen LogP contribution >= 0.6 is 0 Å². The molecule has 0 bridgehead atoms. The first-order valence-electron chi connectivity index (χ1n) is 5.98. The SMILES string of the molecule is CC(C)Oc1cc(F)ccc1OCc1ncnn1C. The van der Waals surface area contributed by atoms with Gasteiger partial charge in [-0.3, -0.25) is 4.68 Å². The Bertz CT molecular complexity index is 555. The Kier molecular flexibility index (Phi) is 3.99. The number of rotatable bonds is 5. The van der Waals surface area contributed by atoms with Crippen molar-refractivity contribution in [1.82, 2.24) is 14.8 Å². The predicted octanol–water partition coefficient (Wildman–Crippen LogP) is 2.32. The minimum Gasteiger partial charge on any atom is -0.487 e. The van der Waals surface area contributed by atoms with Crippen LogP contribution in [0.15, 0.2) is 24.5 Å². The summed E-state index contributed by atoms with van der Waals surface area (Å²) in [5.74, 6) is 1.19. The first kappa shape index (κ1) is 13.3. The summed E-state index contributed by atoms with van der Waals surface area (Å²) in [4.78, 5) is 4.05. The molecule has 0 aliphatic carbocycles. The maximum atomic E-state index is 13.2. The van der Waals surface area contributed by atoms with Gasteiger partial charge in [0.25, 0.3) is 0 Å². The van der Waals surface area contributed by atoms with E-state index in [-0.39, 0.29) is 18.5 Å². The molecular weight excluding hydrogens is 249 g/mol. The molecule has 0 radical (unpaired) electrons. The molecule has 0 atom stereocenters. The lowest BCUT2D eigenvalue weighted by Crippen LogP contribution is -2.09. The molecule has 0 unspecified atom stereocenters. The number of benzene rings is 1. The summed E-state index contributed by atoms with van der Waals surface area (Å²) in [7, 11) is 1.78. The summed E-state index contributed by atoms with van der Waals surface area (Å²) in [6.07, 6.45) is 1.40. The van der Waals surface area contributed by atoms with Gasteiger partial charge in [-0.1, -0.05) is 0 Å². The molecule has 102 valence electrons. The maximum absolute atomic E-state index is 13.2. The molecule has 0 aliphatic heterocycles. The van der Waals surface area contributed by atoms with Gasteiger partial charge in [0.2, 0.25) is 0 Å². The molecule has 6 heteroatoms. The van der Waals surface area contributed by atoms with Crippen LogP contribution in [0.4, 0.5) is 4.39 Å². The van der Waals surface area contributed by atoms with Crippen LogP contribution in [0.2, 0.25) is 0 Å². The molecule has 0 N–H and O–H groups in total. The Hall–Kier alpha value is -2.11. The highest BCUT2D eigenvalue weighted by Gasteiger charge is 2.10. The van der Waals surface area contributed by atoms with Crippen molar-refractivity contribution < 1.29 is 13.9 Å². The van der Waals surface area contributed by atoms with Gasteiger partial charge in [0.1, 0.15) is 18.8 Å². The second-order valence-corrected chi connectivity index (χ2v) is 4.35. The lowest BCUT2D eigenvalue weighted by Gasteiger charge is -2.14. The third kappa shape index (κ3) is 3.43. The van der Waals surface area contributed by atoms with E-state index >= 15 is 0 Å². The lowest BCUT2D eigenvalue weighted by atomic mass is 10.3.